The van der Waals surface area contributed by atoms with Crippen LogP contribution >= 0.6 is 0 Å². The van der Waals surface area contributed by atoms with Crippen molar-refractivity contribution in [1.82, 2.24) is 0 Å². The molecular weight excluding hydrogens is 421 g/mol. The van der Waals surface area contributed by atoms with Crippen molar-refractivity contribution in [3.63, 3.8) is 0 Å². The first-order valence-electron chi connectivity index (χ1n) is 9.76. The minimum Gasteiger partial charge on any atom is -0.626 e. The Morgan fingerprint density at radius 2 is 1.55 bits per heavy atom. The molecule has 1 N–H and O–H groups in total. The van der Waals surface area contributed by atoms with Crippen molar-refractivity contribution in [2.75, 3.05) is 11.6 Å². The first kappa shape index (κ1) is 23.0. The largest absolute Gasteiger partial charge is 0.626 e. The van der Waals surface area contributed by atoms with Crippen molar-refractivity contribution in [1.29, 1.82) is 0 Å². The molecule has 0 spiro atoms. The fourth-order valence-electron chi connectivity index (χ4n) is 3.52. The minimum absolute atomic E-state index is 0.194. The standard InChI is InChI=1S/C24H25F3N2OS/c1-16-12-17(2)21(18(3)13-16)15-28-23-14-19(24(25,26)27)10-11-22(23)29-31(4,30)20-8-6-5-7-9-20/h5-14,28H,15H2,1-4H3. The first-order valence-corrected chi connectivity index (χ1v) is 11.7. The molecule has 3 aromatic carbocycles. The van der Waals surface area contributed by atoms with Crippen LogP contribution in [0.15, 0.2) is 69.9 Å². The van der Waals surface area contributed by atoms with E-state index in [4.69, 9.17) is 0 Å². The summed E-state index contributed by atoms with van der Waals surface area (Å²) in [7, 11) is -2.84. The highest BCUT2D eigenvalue weighted by Gasteiger charge is 2.31. The van der Waals surface area contributed by atoms with Gasteiger partial charge in [0, 0.05) is 6.54 Å². The Morgan fingerprint density at radius 1 is 0.935 bits per heavy atom. The molecule has 0 saturated carbocycles. The Labute approximate surface area is 182 Å². The molecular formula is C24H25F3N2OS. The number of hydrogen-bond acceptors (Lipinski definition) is 3. The van der Waals surface area contributed by atoms with Gasteiger partial charge in [0.05, 0.1) is 17.5 Å². The van der Waals surface area contributed by atoms with Gasteiger partial charge in [-0.1, -0.05) is 35.9 Å². The van der Waals surface area contributed by atoms with Gasteiger partial charge < -0.3 is 9.87 Å². The highest BCUT2D eigenvalue weighted by atomic mass is 32.3. The van der Waals surface area contributed by atoms with Crippen LogP contribution in [0.2, 0.25) is 0 Å². The van der Waals surface area contributed by atoms with Gasteiger partial charge in [-0.05, 0) is 77.9 Å². The molecule has 164 valence electrons. The van der Waals surface area contributed by atoms with Gasteiger partial charge in [-0.2, -0.15) is 13.2 Å². The third-order valence-corrected chi connectivity index (χ3v) is 6.76. The molecule has 31 heavy (non-hydrogen) atoms. The summed E-state index contributed by atoms with van der Waals surface area (Å²) < 4.78 is 57.5. The monoisotopic (exact) mass is 446 g/mol. The van der Waals surface area contributed by atoms with Gasteiger partial charge in [0.15, 0.2) is 0 Å². The minimum atomic E-state index is -4.49. The van der Waals surface area contributed by atoms with Crippen molar-refractivity contribution in [2.24, 2.45) is 4.36 Å². The van der Waals surface area contributed by atoms with Crippen LogP contribution in [0.25, 0.3) is 0 Å². The van der Waals surface area contributed by atoms with Crippen molar-refractivity contribution < 1.29 is 17.7 Å². The van der Waals surface area contributed by atoms with Crippen LogP contribution in [0, 0.1) is 20.8 Å². The normalized spacial score (nSPS) is 13.5. The molecule has 3 rings (SSSR count). The molecule has 0 amide bonds. The maximum Gasteiger partial charge on any atom is 0.416 e. The number of benzene rings is 3. The molecule has 0 aliphatic heterocycles. The highest BCUT2D eigenvalue weighted by molar-refractivity contribution is 7.99. The van der Waals surface area contributed by atoms with Gasteiger partial charge in [-0.3, -0.25) is 0 Å². The summed E-state index contributed by atoms with van der Waals surface area (Å²) in [5, 5.41) is 3.10. The summed E-state index contributed by atoms with van der Waals surface area (Å²) in [6.07, 6.45) is -3.00. The van der Waals surface area contributed by atoms with Crippen LogP contribution < -0.4 is 5.32 Å². The Morgan fingerprint density at radius 3 is 2.13 bits per heavy atom. The molecule has 0 heterocycles. The van der Waals surface area contributed by atoms with Gasteiger partial charge in [-0.15, -0.1) is 4.36 Å². The second-order valence-corrected chi connectivity index (χ2v) is 9.93. The molecule has 0 aromatic heterocycles. The van der Waals surface area contributed by atoms with Gasteiger partial charge in [-0.25, -0.2) is 0 Å². The molecule has 0 saturated heterocycles. The van der Waals surface area contributed by atoms with Crippen LogP contribution in [-0.4, -0.2) is 10.8 Å². The predicted molar refractivity (Wildman–Crippen MR) is 120 cm³/mol. The molecule has 3 aromatic rings. The van der Waals surface area contributed by atoms with Crippen molar-refractivity contribution in [3.8, 4) is 0 Å². The average molecular weight is 447 g/mol. The van der Waals surface area contributed by atoms with E-state index in [1.807, 2.05) is 32.9 Å². The maximum absolute atomic E-state index is 13.3. The van der Waals surface area contributed by atoms with E-state index in [2.05, 4.69) is 9.68 Å². The molecule has 1 atom stereocenters. The molecule has 0 aliphatic carbocycles. The van der Waals surface area contributed by atoms with E-state index in [0.29, 0.717) is 11.4 Å². The van der Waals surface area contributed by atoms with Crippen molar-refractivity contribution in [3.05, 3.63) is 88.5 Å². The van der Waals surface area contributed by atoms with Gasteiger partial charge in [0.25, 0.3) is 0 Å². The third-order valence-electron chi connectivity index (χ3n) is 5.07. The Hall–Kier alpha value is -2.64. The van der Waals surface area contributed by atoms with E-state index >= 15 is 0 Å². The number of halogens is 3. The van der Waals surface area contributed by atoms with E-state index < -0.39 is 21.8 Å². The van der Waals surface area contributed by atoms with Crippen LogP contribution in [-0.2, 0) is 22.8 Å². The first-order chi connectivity index (χ1) is 14.5. The lowest BCUT2D eigenvalue weighted by Gasteiger charge is -2.19. The van der Waals surface area contributed by atoms with Crippen LogP contribution in [0.5, 0.6) is 0 Å². The number of anilines is 1. The Bertz CT molecular complexity index is 1110. The molecule has 0 aliphatic rings. The zero-order chi connectivity index (χ0) is 22.8. The van der Waals surface area contributed by atoms with Crippen LogP contribution in [0.4, 0.5) is 24.5 Å². The lowest BCUT2D eigenvalue weighted by atomic mass is 9.99. The van der Waals surface area contributed by atoms with Gasteiger partial charge in [0.1, 0.15) is 10.6 Å². The van der Waals surface area contributed by atoms with E-state index in [1.165, 1.54) is 12.3 Å². The summed E-state index contributed by atoms with van der Waals surface area (Å²) in [6, 6.07) is 16.0. The zero-order valence-electron chi connectivity index (χ0n) is 17.9. The smallest absolute Gasteiger partial charge is 0.416 e. The molecule has 7 heteroatoms. The Balaban J connectivity index is 2.04. The van der Waals surface area contributed by atoms with Crippen LogP contribution in [0.3, 0.4) is 0 Å². The molecule has 0 fully saturated rings. The number of nitrogens with zero attached hydrogens (tertiary/aromatic N) is 1. The van der Waals surface area contributed by atoms with Crippen molar-refractivity contribution >= 4 is 21.5 Å². The van der Waals surface area contributed by atoms with Gasteiger partial charge >= 0.3 is 6.18 Å². The van der Waals surface area contributed by atoms with Crippen molar-refractivity contribution in [2.45, 2.75) is 38.4 Å². The second kappa shape index (κ2) is 8.85. The molecule has 0 bridgehead atoms. The SMILES string of the molecule is Cc1cc(C)c(CNc2cc(C(F)(F)F)ccc2N=[S+](C)([O-])c2ccccc2)c(C)c1. The lowest BCUT2D eigenvalue weighted by Crippen LogP contribution is -2.10. The van der Waals surface area contributed by atoms with E-state index in [9.17, 15) is 17.7 Å². The van der Waals surface area contributed by atoms with E-state index in [-0.39, 0.29) is 11.4 Å². The predicted octanol–water partition coefficient (Wildman–Crippen LogP) is 7.03. The number of rotatable bonds is 5. The van der Waals surface area contributed by atoms with E-state index in [0.717, 1.165) is 34.4 Å². The topological polar surface area (TPSA) is 47.5 Å². The average Bonchev–Trinajstić information content (AvgIpc) is 2.68. The van der Waals surface area contributed by atoms with Crippen LogP contribution in [0.1, 0.15) is 27.8 Å². The third kappa shape index (κ3) is 5.54. The van der Waals surface area contributed by atoms with Gasteiger partial charge in [0.2, 0.25) is 0 Å². The fourth-order valence-corrected chi connectivity index (χ4v) is 4.82. The number of alkyl halides is 3. The van der Waals surface area contributed by atoms with E-state index in [1.54, 1.807) is 30.3 Å². The summed E-state index contributed by atoms with van der Waals surface area (Å²) >= 11 is 0. The maximum atomic E-state index is 13.3. The quantitative estimate of drug-likeness (QED) is 0.428. The molecule has 0 radical (unpaired) electrons. The number of hydrogen-bond donors (Lipinski definition) is 1. The Kier molecular flexibility index (Phi) is 6.57. The lowest BCUT2D eigenvalue weighted by molar-refractivity contribution is -0.137. The highest BCUT2D eigenvalue weighted by Crippen LogP contribution is 2.37. The molecule has 3 nitrogen and oxygen atoms in total. The number of nitrogens with one attached hydrogen (secondary N) is 1. The number of aryl methyl sites for hydroxylation is 3. The second-order valence-electron chi connectivity index (χ2n) is 7.67. The summed E-state index contributed by atoms with van der Waals surface area (Å²) in [4.78, 5) is 0.520. The summed E-state index contributed by atoms with van der Waals surface area (Å²) in [5.41, 5.74) is 3.88. The molecule has 1 unspecified atom stereocenters. The fraction of sp³-hybridized carbons (Fsp3) is 0.250. The zero-order valence-corrected chi connectivity index (χ0v) is 18.7. The summed E-state index contributed by atoms with van der Waals surface area (Å²) in [5.74, 6) is 0. The summed E-state index contributed by atoms with van der Waals surface area (Å²) in [6.45, 7) is 6.28.